The van der Waals surface area contributed by atoms with Crippen LogP contribution in [-0.2, 0) is 28.8 Å². The van der Waals surface area contributed by atoms with Gasteiger partial charge in [-0.3, -0.25) is 4.79 Å². The van der Waals surface area contributed by atoms with Gasteiger partial charge in [-0.25, -0.2) is 0 Å². The van der Waals surface area contributed by atoms with Crippen LogP contribution in [0.2, 0.25) is 0 Å². The zero-order chi connectivity index (χ0) is 14.8. The molecule has 2 aromatic rings. The van der Waals surface area contributed by atoms with Gasteiger partial charge in [0.25, 0.3) is 0 Å². The molecule has 1 aliphatic rings. The Morgan fingerprint density at radius 3 is 2.62 bits per heavy atom. The number of fused-ring (bicyclic) bond motifs is 2. The Kier molecular flexibility index (Phi) is 4.00. The van der Waals surface area contributed by atoms with Gasteiger partial charge in [0.15, 0.2) is 0 Å². The van der Waals surface area contributed by atoms with Crippen molar-refractivity contribution in [3.05, 3.63) is 34.5 Å². The predicted octanol–water partition coefficient (Wildman–Crippen LogP) is 3.85. The van der Waals surface area contributed by atoms with E-state index in [0.29, 0.717) is 13.0 Å². The average Bonchev–Trinajstić information content (AvgIpc) is 2.64. The van der Waals surface area contributed by atoms with Crippen LogP contribution in [0.3, 0.4) is 0 Å². The number of aromatic amines is 1. The highest BCUT2D eigenvalue weighted by Crippen LogP contribution is 2.29. The van der Waals surface area contributed by atoms with Crippen molar-refractivity contribution >= 4 is 16.9 Å². The number of rotatable bonds is 3. The summed E-state index contributed by atoms with van der Waals surface area (Å²) in [4.78, 5) is 15.3. The van der Waals surface area contributed by atoms with Gasteiger partial charge in [-0.1, -0.05) is 6.42 Å². The van der Waals surface area contributed by atoms with Crippen LogP contribution < -0.4 is 0 Å². The molecule has 3 heteroatoms. The van der Waals surface area contributed by atoms with Gasteiger partial charge in [-0.15, -0.1) is 0 Å². The van der Waals surface area contributed by atoms with Crippen LogP contribution in [0.1, 0.15) is 48.6 Å². The fourth-order valence-corrected chi connectivity index (χ4v) is 3.38. The molecule has 3 rings (SSSR count). The fourth-order valence-electron chi connectivity index (χ4n) is 3.38. The molecule has 1 aliphatic carbocycles. The number of hydrogen-bond acceptors (Lipinski definition) is 2. The summed E-state index contributed by atoms with van der Waals surface area (Å²) in [5.74, 6) is -0.142. The maximum absolute atomic E-state index is 11.8. The smallest absolute Gasteiger partial charge is 0.310 e. The molecule has 0 saturated carbocycles. The number of aromatic nitrogens is 1. The third-order valence-corrected chi connectivity index (χ3v) is 4.46. The summed E-state index contributed by atoms with van der Waals surface area (Å²) in [6.45, 7) is 4.33. The predicted molar refractivity (Wildman–Crippen MR) is 84.6 cm³/mol. The highest BCUT2D eigenvalue weighted by Gasteiger charge is 2.16. The van der Waals surface area contributed by atoms with E-state index in [0.717, 1.165) is 23.2 Å². The average molecular weight is 285 g/mol. The Bertz CT molecular complexity index is 669. The maximum Gasteiger partial charge on any atom is 0.310 e. The molecule has 0 unspecified atom stereocenters. The van der Waals surface area contributed by atoms with Gasteiger partial charge in [-0.05, 0) is 68.4 Å². The topological polar surface area (TPSA) is 42.1 Å². The van der Waals surface area contributed by atoms with Crippen molar-refractivity contribution in [1.82, 2.24) is 4.98 Å². The molecule has 1 N–H and O–H groups in total. The van der Waals surface area contributed by atoms with E-state index in [-0.39, 0.29) is 5.97 Å². The fraction of sp³-hybridized carbons (Fsp3) is 0.500. The maximum atomic E-state index is 11.8. The summed E-state index contributed by atoms with van der Waals surface area (Å²) in [6.07, 6.45) is 6.57. The highest BCUT2D eigenvalue weighted by molar-refractivity contribution is 5.89. The summed E-state index contributed by atoms with van der Waals surface area (Å²) in [5, 5.41) is 1.20. The molecular weight excluding hydrogens is 262 g/mol. The van der Waals surface area contributed by atoms with E-state index in [1.807, 2.05) is 13.8 Å². The van der Waals surface area contributed by atoms with E-state index >= 15 is 0 Å². The van der Waals surface area contributed by atoms with E-state index in [1.54, 1.807) is 0 Å². The minimum Gasteiger partial charge on any atom is -0.466 e. The lowest BCUT2D eigenvalue weighted by Gasteiger charge is -2.07. The summed E-state index contributed by atoms with van der Waals surface area (Å²) in [5.41, 5.74) is 6.27. The lowest BCUT2D eigenvalue weighted by atomic mass is 9.98. The quantitative estimate of drug-likeness (QED) is 0.687. The van der Waals surface area contributed by atoms with Crippen molar-refractivity contribution in [3.63, 3.8) is 0 Å². The number of hydrogen-bond donors (Lipinski definition) is 1. The molecule has 1 heterocycles. The van der Waals surface area contributed by atoms with Gasteiger partial charge in [0.05, 0.1) is 13.0 Å². The molecule has 1 aromatic carbocycles. The van der Waals surface area contributed by atoms with Gasteiger partial charge >= 0.3 is 5.97 Å². The van der Waals surface area contributed by atoms with Gasteiger partial charge in [0, 0.05) is 16.6 Å². The lowest BCUT2D eigenvalue weighted by molar-refractivity contribution is -0.142. The molecule has 0 spiro atoms. The molecular formula is C18H23NO2. The van der Waals surface area contributed by atoms with Gasteiger partial charge in [0.1, 0.15) is 0 Å². The molecule has 1 aromatic heterocycles. The number of ether oxygens (including phenoxy) is 1. The van der Waals surface area contributed by atoms with Crippen molar-refractivity contribution < 1.29 is 9.53 Å². The molecule has 21 heavy (non-hydrogen) atoms. The zero-order valence-electron chi connectivity index (χ0n) is 12.9. The van der Waals surface area contributed by atoms with E-state index in [1.165, 1.54) is 42.2 Å². The Morgan fingerprint density at radius 1 is 1.19 bits per heavy atom. The van der Waals surface area contributed by atoms with Crippen molar-refractivity contribution in [2.24, 2.45) is 0 Å². The minimum absolute atomic E-state index is 0.142. The van der Waals surface area contributed by atoms with Crippen LogP contribution in [0.25, 0.3) is 10.9 Å². The second-order valence-electron chi connectivity index (χ2n) is 5.94. The standard InChI is InChI=1S/C18H23NO2/c1-3-21-18(20)11-15-12(2)19-17-10-14-8-6-4-5-7-13(14)9-16(15)17/h9-10,19H,3-8,11H2,1-2H3. The Labute approximate surface area is 125 Å². The Hall–Kier alpha value is -1.77. The molecule has 0 radical (unpaired) electrons. The monoisotopic (exact) mass is 285 g/mol. The van der Waals surface area contributed by atoms with Gasteiger partial charge in [0.2, 0.25) is 0 Å². The molecule has 112 valence electrons. The lowest BCUT2D eigenvalue weighted by Crippen LogP contribution is -2.08. The summed E-state index contributed by atoms with van der Waals surface area (Å²) in [6, 6.07) is 4.59. The minimum atomic E-state index is -0.142. The highest BCUT2D eigenvalue weighted by atomic mass is 16.5. The van der Waals surface area contributed by atoms with Crippen molar-refractivity contribution in [1.29, 1.82) is 0 Å². The van der Waals surface area contributed by atoms with Crippen LogP contribution in [0.15, 0.2) is 12.1 Å². The molecule has 3 nitrogen and oxygen atoms in total. The van der Waals surface area contributed by atoms with Crippen molar-refractivity contribution in [2.45, 2.75) is 52.4 Å². The first-order valence-electron chi connectivity index (χ1n) is 7.97. The SMILES string of the molecule is CCOC(=O)Cc1c(C)[nH]c2cc3c(cc12)CCCCC3. The van der Waals surface area contributed by atoms with E-state index < -0.39 is 0 Å². The largest absolute Gasteiger partial charge is 0.466 e. The van der Waals surface area contributed by atoms with Gasteiger partial charge in [-0.2, -0.15) is 0 Å². The first-order valence-corrected chi connectivity index (χ1v) is 7.97. The number of carbonyl (C=O) groups excluding carboxylic acids is 1. The Balaban J connectivity index is 2.02. The van der Waals surface area contributed by atoms with Gasteiger partial charge < -0.3 is 9.72 Å². The van der Waals surface area contributed by atoms with Crippen LogP contribution in [0, 0.1) is 6.92 Å². The summed E-state index contributed by atoms with van der Waals surface area (Å²) < 4.78 is 5.10. The van der Waals surface area contributed by atoms with Crippen LogP contribution >= 0.6 is 0 Å². The van der Waals surface area contributed by atoms with Crippen LogP contribution in [-0.4, -0.2) is 17.6 Å². The third kappa shape index (κ3) is 2.82. The number of carbonyl (C=O) groups is 1. The second-order valence-corrected chi connectivity index (χ2v) is 5.94. The van der Waals surface area contributed by atoms with Crippen molar-refractivity contribution in [2.75, 3.05) is 6.61 Å². The number of nitrogens with one attached hydrogen (secondary N) is 1. The second kappa shape index (κ2) is 5.92. The third-order valence-electron chi connectivity index (χ3n) is 4.46. The molecule has 0 aliphatic heterocycles. The van der Waals surface area contributed by atoms with E-state index in [9.17, 15) is 4.79 Å². The number of H-pyrrole nitrogens is 1. The van der Waals surface area contributed by atoms with Crippen molar-refractivity contribution in [3.8, 4) is 0 Å². The molecule has 0 saturated heterocycles. The van der Waals surface area contributed by atoms with E-state index in [2.05, 4.69) is 17.1 Å². The zero-order valence-corrected chi connectivity index (χ0v) is 12.9. The number of benzene rings is 1. The first kappa shape index (κ1) is 14.2. The summed E-state index contributed by atoms with van der Waals surface area (Å²) in [7, 11) is 0. The van der Waals surface area contributed by atoms with Crippen LogP contribution in [0.4, 0.5) is 0 Å². The van der Waals surface area contributed by atoms with E-state index in [4.69, 9.17) is 4.74 Å². The number of esters is 1. The molecule has 0 fully saturated rings. The van der Waals surface area contributed by atoms with Crippen LogP contribution in [0.5, 0.6) is 0 Å². The molecule has 0 bridgehead atoms. The Morgan fingerprint density at radius 2 is 1.90 bits per heavy atom. The molecule has 0 amide bonds. The normalized spacial score (nSPS) is 14.8. The number of aryl methyl sites for hydroxylation is 3. The molecule has 0 atom stereocenters. The summed E-state index contributed by atoms with van der Waals surface area (Å²) >= 11 is 0. The first-order chi connectivity index (χ1) is 10.2.